The number of nitrogens with zero attached hydrogens (tertiary/aromatic N) is 1. The first kappa shape index (κ1) is 14.2. The fraction of sp³-hybridized carbons (Fsp3) is 0.438. The zero-order valence-corrected chi connectivity index (χ0v) is 13.2. The van der Waals surface area contributed by atoms with Crippen molar-refractivity contribution in [2.24, 2.45) is 0 Å². The summed E-state index contributed by atoms with van der Waals surface area (Å²) in [5, 5.41) is 4.65. The largest absolute Gasteiger partial charge is 0.313 e. The molecule has 2 rings (SSSR count). The van der Waals surface area contributed by atoms with Crippen LogP contribution in [0, 0.1) is 27.7 Å². The van der Waals surface area contributed by atoms with Crippen LogP contribution in [0.3, 0.4) is 0 Å². The third-order valence-electron chi connectivity index (χ3n) is 3.82. The molecule has 2 aromatic rings. The van der Waals surface area contributed by atoms with Gasteiger partial charge in [0.15, 0.2) is 0 Å². The SMILES string of the molecule is CNC(Cc1nc(C)c(C)s1)c1cccc(C)c1C. The van der Waals surface area contributed by atoms with E-state index >= 15 is 0 Å². The van der Waals surface area contributed by atoms with E-state index in [4.69, 9.17) is 0 Å². The fourth-order valence-electron chi connectivity index (χ4n) is 2.32. The van der Waals surface area contributed by atoms with Gasteiger partial charge < -0.3 is 5.32 Å². The lowest BCUT2D eigenvalue weighted by atomic mass is 9.96. The highest BCUT2D eigenvalue weighted by atomic mass is 32.1. The Hall–Kier alpha value is -1.19. The van der Waals surface area contributed by atoms with Crippen molar-refractivity contribution in [3.63, 3.8) is 0 Å². The van der Waals surface area contributed by atoms with Crippen molar-refractivity contribution in [2.45, 2.75) is 40.2 Å². The Balaban J connectivity index is 2.27. The van der Waals surface area contributed by atoms with E-state index in [0.717, 1.165) is 12.1 Å². The van der Waals surface area contributed by atoms with Gasteiger partial charge in [-0.25, -0.2) is 4.98 Å². The van der Waals surface area contributed by atoms with Crippen LogP contribution < -0.4 is 5.32 Å². The van der Waals surface area contributed by atoms with Crippen molar-refractivity contribution in [3.05, 3.63) is 50.5 Å². The zero-order valence-electron chi connectivity index (χ0n) is 12.4. The Morgan fingerprint density at radius 3 is 2.53 bits per heavy atom. The maximum absolute atomic E-state index is 4.65. The van der Waals surface area contributed by atoms with Crippen LogP contribution in [0.15, 0.2) is 18.2 Å². The molecule has 3 heteroatoms. The van der Waals surface area contributed by atoms with Crippen LogP contribution in [0.4, 0.5) is 0 Å². The van der Waals surface area contributed by atoms with Gasteiger partial charge in [0, 0.05) is 17.3 Å². The molecule has 0 fully saturated rings. The Labute approximate surface area is 119 Å². The third-order valence-corrected chi connectivity index (χ3v) is 4.92. The molecule has 0 aliphatic heterocycles. The van der Waals surface area contributed by atoms with Gasteiger partial charge in [0.25, 0.3) is 0 Å². The van der Waals surface area contributed by atoms with Crippen LogP contribution in [0.1, 0.15) is 38.3 Å². The Kier molecular flexibility index (Phi) is 4.38. The summed E-state index contributed by atoms with van der Waals surface area (Å²) in [7, 11) is 2.03. The van der Waals surface area contributed by atoms with Gasteiger partial charge in [-0.05, 0) is 51.4 Å². The third kappa shape index (κ3) is 3.04. The fourth-order valence-corrected chi connectivity index (χ4v) is 3.30. The zero-order chi connectivity index (χ0) is 14.0. The number of benzene rings is 1. The lowest BCUT2D eigenvalue weighted by Crippen LogP contribution is -2.20. The second-order valence-corrected chi connectivity index (χ2v) is 6.37. The van der Waals surface area contributed by atoms with Crippen molar-refractivity contribution in [3.8, 4) is 0 Å². The molecule has 0 saturated carbocycles. The number of thiazole rings is 1. The van der Waals surface area contributed by atoms with Crippen molar-refractivity contribution in [1.29, 1.82) is 0 Å². The van der Waals surface area contributed by atoms with E-state index in [9.17, 15) is 0 Å². The molecule has 1 N–H and O–H groups in total. The van der Waals surface area contributed by atoms with Gasteiger partial charge in [0.2, 0.25) is 0 Å². The van der Waals surface area contributed by atoms with Gasteiger partial charge in [0.1, 0.15) is 0 Å². The number of rotatable bonds is 4. The molecule has 1 aromatic heterocycles. The van der Waals surface area contributed by atoms with Crippen LogP contribution in [0.5, 0.6) is 0 Å². The van der Waals surface area contributed by atoms with Crippen LogP contribution in [0.25, 0.3) is 0 Å². The maximum atomic E-state index is 4.65. The van der Waals surface area contributed by atoms with Crippen molar-refractivity contribution < 1.29 is 0 Å². The summed E-state index contributed by atoms with van der Waals surface area (Å²) in [6, 6.07) is 6.87. The molecular weight excluding hydrogens is 252 g/mol. The Morgan fingerprint density at radius 2 is 1.95 bits per heavy atom. The van der Waals surface area contributed by atoms with Gasteiger partial charge in [-0.2, -0.15) is 0 Å². The number of aromatic nitrogens is 1. The average molecular weight is 274 g/mol. The summed E-state index contributed by atoms with van der Waals surface area (Å²) in [5.41, 5.74) is 5.28. The lowest BCUT2D eigenvalue weighted by molar-refractivity contribution is 0.586. The number of likely N-dealkylation sites (N-methyl/N-ethyl adjacent to an activating group) is 1. The minimum absolute atomic E-state index is 0.338. The highest BCUT2D eigenvalue weighted by Crippen LogP contribution is 2.26. The van der Waals surface area contributed by atoms with E-state index in [0.29, 0.717) is 6.04 Å². The smallest absolute Gasteiger partial charge is 0.0949 e. The van der Waals surface area contributed by atoms with E-state index in [1.165, 1.54) is 26.6 Å². The van der Waals surface area contributed by atoms with Crippen molar-refractivity contribution in [2.75, 3.05) is 7.05 Å². The molecule has 0 radical (unpaired) electrons. The highest BCUT2D eigenvalue weighted by molar-refractivity contribution is 7.11. The Morgan fingerprint density at radius 1 is 1.21 bits per heavy atom. The predicted molar refractivity (Wildman–Crippen MR) is 83.0 cm³/mol. The van der Waals surface area contributed by atoms with Crippen LogP contribution in [-0.2, 0) is 6.42 Å². The summed E-state index contributed by atoms with van der Waals surface area (Å²) in [4.78, 5) is 5.98. The Bertz CT molecular complexity index is 553. The molecule has 1 unspecified atom stereocenters. The van der Waals surface area contributed by atoms with Crippen molar-refractivity contribution >= 4 is 11.3 Å². The minimum Gasteiger partial charge on any atom is -0.313 e. The van der Waals surface area contributed by atoms with E-state index in [-0.39, 0.29) is 0 Å². The average Bonchev–Trinajstić information content (AvgIpc) is 2.69. The molecule has 0 amide bonds. The second kappa shape index (κ2) is 5.85. The quantitative estimate of drug-likeness (QED) is 0.915. The number of hydrogen-bond donors (Lipinski definition) is 1. The van der Waals surface area contributed by atoms with Gasteiger partial charge >= 0.3 is 0 Å². The maximum Gasteiger partial charge on any atom is 0.0949 e. The van der Waals surface area contributed by atoms with Gasteiger partial charge in [-0.15, -0.1) is 11.3 Å². The normalized spacial score (nSPS) is 12.7. The molecule has 1 heterocycles. The van der Waals surface area contributed by atoms with E-state index < -0.39 is 0 Å². The van der Waals surface area contributed by atoms with Crippen LogP contribution >= 0.6 is 11.3 Å². The first-order valence-corrected chi connectivity index (χ1v) is 7.51. The van der Waals surface area contributed by atoms with E-state index in [2.05, 4.69) is 56.2 Å². The van der Waals surface area contributed by atoms with Crippen LogP contribution in [-0.4, -0.2) is 12.0 Å². The van der Waals surface area contributed by atoms with Gasteiger partial charge in [0.05, 0.1) is 10.7 Å². The molecule has 19 heavy (non-hydrogen) atoms. The second-order valence-electron chi connectivity index (χ2n) is 5.08. The van der Waals surface area contributed by atoms with Gasteiger partial charge in [-0.3, -0.25) is 0 Å². The van der Waals surface area contributed by atoms with Crippen molar-refractivity contribution in [1.82, 2.24) is 10.3 Å². The van der Waals surface area contributed by atoms with E-state index in [1.807, 2.05) is 18.4 Å². The summed E-state index contributed by atoms with van der Waals surface area (Å²) >= 11 is 1.81. The monoisotopic (exact) mass is 274 g/mol. The van der Waals surface area contributed by atoms with E-state index in [1.54, 1.807) is 0 Å². The molecule has 0 saturated heterocycles. The molecular formula is C16H22N2S. The summed E-state index contributed by atoms with van der Waals surface area (Å²) < 4.78 is 0. The minimum atomic E-state index is 0.338. The molecule has 0 bridgehead atoms. The topological polar surface area (TPSA) is 24.9 Å². The molecule has 102 valence electrons. The highest BCUT2D eigenvalue weighted by Gasteiger charge is 2.15. The molecule has 2 nitrogen and oxygen atoms in total. The number of nitrogens with one attached hydrogen (secondary N) is 1. The standard InChI is InChI=1S/C16H22N2S/c1-10-7-6-8-14(11(10)2)15(17-5)9-16-18-12(3)13(4)19-16/h6-8,15,17H,9H2,1-5H3. The van der Waals surface area contributed by atoms with Gasteiger partial charge in [-0.1, -0.05) is 18.2 Å². The summed E-state index contributed by atoms with van der Waals surface area (Å²) in [5.74, 6) is 0. The molecule has 1 aromatic carbocycles. The number of hydrogen-bond acceptors (Lipinski definition) is 3. The lowest BCUT2D eigenvalue weighted by Gasteiger charge is -2.19. The first-order valence-electron chi connectivity index (χ1n) is 6.69. The van der Waals surface area contributed by atoms with Crippen LogP contribution in [0.2, 0.25) is 0 Å². The first-order chi connectivity index (χ1) is 9.02. The molecule has 1 atom stereocenters. The predicted octanol–water partition coefficient (Wildman–Crippen LogP) is 3.88. The summed E-state index contributed by atoms with van der Waals surface area (Å²) in [6.07, 6.45) is 0.958. The summed E-state index contributed by atoms with van der Waals surface area (Å²) in [6.45, 7) is 8.60. The molecule has 0 aliphatic carbocycles. The molecule has 0 aliphatic rings. The molecule has 0 spiro atoms. The number of aryl methyl sites for hydroxylation is 3.